The van der Waals surface area contributed by atoms with Crippen molar-refractivity contribution < 1.29 is 14.3 Å². The van der Waals surface area contributed by atoms with Crippen LogP contribution in [0.4, 0.5) is 0 Å². The van der Waals surface area contributed by atoms with E-state index in [1.807, 2.05) is 49.0 Å². The van der Waals surface area contributed by atoms with Gasteiger partial charge in [0.05, 0.1) is 13.7 Å². The first-order valence-electron chi connectivity index (χ1n) is 8.77. The van der Waals surface area contributed by atoms with Gasteiger partial charge in [0.25, 0.3) is 5.91 Å². The monoisotopic (exact) mass is 365 g/mol. The van der Waals surface area contributed by atoms with Crippen molar-refractivity contribution in [1.82, 2.24) is 14.9 Å². The third-order valence-electron chi connectivity index (χ3n) is 4.25. The SMILES string of the molecule is CCOc1ccc(C(=O)NC(c2cccc(OC)c2)c2nccn2C)cc1. The molecular weight excluding hydrogens is 342 g/mol. The van der Waals surface area contributed by atoms with Gasteiger partial charge in [0.15, 0.2) is 0 Å². The van der Waals surface area contributed by atoms with Gasteiger partial charge < -0.3 is 19.4 Å². The van der Waals surface area contributed by atoms with E-state index in [0.29, 0.717) is 12.2 Å². The number of hydrogen-bond donors (Lipinski definition) is 1. The summed E-state index contributed by atoms with van der Waals surface area (Å²) in [5.41, 5.74) is 1.45. The van der Waals surface area contributed by atoms with Gasteiger partial charge in [-0.05, 0) is 48.9 Å². The van der Waals surface area contributed by atoms with Gasteiger partial charge >= 0.3 is 0 Å². The molecule has 3 rings (SSSR count). The molecule has 0 aliphatic heterocycles. The topological polar surface area (TPSA) is 65.4 Å². The van der Waals surface area contributed by atoms with Crippen LogP contribution in [0.15, 0.2) is 60.9 Å². The lowest BCUT2D eigenvalue weighted by molar-refractivity contribution is 0.0941. The summed E-state index contributed by atoms with van der Waals surface area (Å²) in [6.07, 6.45) is 3.57. The van der Waals surface area contributed by atoms with E-state index in [4.69, 9.17) is 9.47 Å². The van der Waals surface area contributed by atoms with E-state index in [1.165, 1.54) is 0 Å². The predicted octanol–water partition coefficient (Wildman–Crippen LogP) is 3.35. The second kappa shape index (κ2) is 8.40. The highest BCUT2D eigenvalue weighted by molar-refractivity contribution is 5.94. The summed E-state index contributed by atoms with van der Waals surface area (Å²) in [5.74, 6) is 2.01. The molecule has 1 N–H and O–H groups in total. The zero-order chi connectivity index (χ0) is 19.2. The number of carbonyl (C=O) groups excluding carboxylic acids is 1. The lowest BCUT2D eigenvalue weighted by atomic mass is 10.0. The van der Waals surface area contributed by atoms with Gasteiger partial charge in [-0.2, -0.15) is 0 Å². The van der Waals surface area contributed by atoms with E-state index < -0.39 is 6.04 Å². The fourth-order valence-electron chi connectivity index (χ4n) is 2.86. The molecule has 0 saturated carbocycles. The maximum absolute atomic E-state index is 12.8. The van der Waals surface area contributed by atoms with Crippen LogP contribution in [0.25, 0.3) is 0 Å². The highest BCUT2D eigenvalue weighted by Crippen LogP contribution is 2.25. The van der Waals surface area contributed by atoms with E-state index in [-0.39, 0.29) is 5.91 Å². The largest absolute Gasteiger partial charge is 0.497 e. The molecule has 0 aliphatic carbocycles. The third kappa shape index (κ3) is 4.28. The number of imidazole rings is 1. The minimum absolute atomic E-state index is 0.186. The van der Waals surface area contributed by atoms with Crippen molar-refractivity contribution in [2.45, 2.75) is 13.0 Å². The Labute approximate surface area is 158 Å². The summed E-state index contributed by atoms with van der Waals surface area (Å²) in [6, 6.07) is 14.3. The lowest BCUT2D eigenvalue weighted by Gasteiger charge is -2.20. The van der Waals surface area contributed by atoms with Crippen molar-refractivity contribution >= 4 is 5.91 Å². The Balaban J connectivity index is 1.89. The number of amides is 1. The third-order valence-corrected chi connectivity index (χ3v) is 4.25. The molecule has 1 unspecified atom stereocenters. The number of nitrogens with one attached hydrogen (secondary N) is 1. The highest BCUT2D eigenvalue weighted by Gasteiger charge is 2.22. The standard InChI is InChI=1S/C21H23N3O3/c1-4-27-17-10-8-15(9-11-17)21(25)23-19(20-22-12-13-24(20)2)16-6-5-7-18(14-16)26-3/h5-14,19H,4H2,1-3H3,(H,23,25). The van der Waals surface area contributed by atoms with Gasteiger partial charge in [-0.15, -0.1) is 0 Å². The number of nitrogens with zero attached hydrogens (tertiary/aromatic N) is 2. The van der Waals surface area contributed by atoms with Crippen molar-refractivity contribution in [2.24, 2.45) is 7.05 Å². The summed E-state index contributed by atoms with van der Waals surface area (Å²) in [5, 5.41) is 3.08. The molecule has 27 heavy (non-hydrogen) atoms. The smallest absolute Gasteiger partial charge is 0.252 e. The van der Waals surface area contributed by atoms with Crippen molar-refractivity contribution in [3.63, 3.8) is 0 Å². The fraction of sp³-hybridized carbons (Fsp3) is 0.238. The van der Waals surface area contributed by atoms with Gasteiger partial charge in [-0.3, -0.25) is 4.79 Å². The van der Waals surface area contributed by atoms with E-state index >= 15 is 0 Å². The minimum Gasteiger partial charge on any atom is -0.497 e. The fourth-order valence-corrected chi connectivity index (χ4v) is 2.86. The normalized spacial score (nSPS) is 11.7. The number of benzene rings is 2. The van der Waals surface area contributed by atoms with Crippen LogP contribution in [0.3, 0.4) is 0 Å². The lowest BCUT2D eigenvalue weighted by Crippen LogP contribution is -2.31. The van der Waals surface area contributed by atoms with Gasteiger partial charge in [0.2, 0.25) is 0 Å². The van der Waals surface area contributed by atoms with Crippen molar-refractivity contribution in [3.05, 3.63) is 77.9 Å². The zero-order valence-corrected chi connectivity index (χ0v) is 15.7. The molecule has 0 saturated heterocycles. The number of aromatic nitrogens is 2. The van der Waals surface area contributed by atoms with Crippen LogP contribution in [0, 0.1) is 0 Å². The van der Waals surface area contributed by atoms with E-state index in [2.05, 4.69) is 10.3 Å². The first-order chi connectivity index (χ1) is 13.1. The van der Waals surface area contributed by atoms with E-state index in [1.54, 1.807) is 37.6 Å². The molecule has 0 bridgehead atoms. The van der Waals surface area contributed by atoms with Crippen LogP contribution in [-0.4, -0.2) is 29.2 Å². The molecule has 1 heterocycles. The zero-order valence-electron chi connectivity index (χ0n) is 15.7. The molecule has 0 aliphatic rings. The maximum Gasteiger partial charge on any atom is 0.252 e. The number of carbonyl (C=O) groups is 1. The summed E-state index contributed by atoms with van der Waals surface area (Å²) in [7, 11) is 3.52. The van der Waals surface area contributed by atoms with Crippen molar-refractivity contribution in [1.29, 1.82) is 0 Å². The Morgan fingerprint density at radius 1 is 1.19 bits per heavy atom. The summed E-state index contributed by atoms with van der Waals surface area (Å²) in [4.78, 5) is 17.3. The molecule has 1 atom stereocenters. The molecule has 6 heteroatoms. The van der Waals surface area contributed by atoms with Crippen LogP contribution in [-0.2, 0) is 7.05 Å². The molecule has 3 aromatic rings. The molecule has 0 radical (unpaired) electrons. The number of methoxy groups -OCH3 is 1. The quantitative estimate of drug-likeness (QED) is 0.697. The summed E-state index contributed by atoms with van der Waals surface area (Å²) < 4.78 is 12.6. The average Bonchev–Trinajstić information content (AvgIpc) is 3.12. The van der Waals surface area contributed by atoms with Gasteiger partial charge in [-0.1, -0.05) is 12.1 Å². The number of aryl methyl sites for hydroxylation is 1. The number of hydrogen-bond acceptors (Lipinski definition) is 4. The predicted molar refractivity (Wildman–Crippen MR) is 103 cm³/mol. The van der Waals surface area contributed by atoms with Gasteiger partial charge in [-0.25, -0.2) is 4.98 Å². The Hall–Kier alpha value is -3.28. The molecule has 1 aromatic heterocycles. The van der Waals surface area contributed by atoms with Crippen LogP contribution in [0.1, 0.15) is 34.7 Å². The van der Waals surface area contributed by atoms with E-state index in [0.717, 1.165) is 22.9 Å². The highest BCUT2D eigenvalue weighted by atomic mass is 16.5. The second-order valence-electron chi connectivity index (χ2n) is 6.04. The molecule has 1 amide bonds. The summed E-state index contributed by atoms with van der Waals surface area (Å²) in [6.45, 7) is 2.51. The summed E-state index contributed by atoms with van der Waals surface area (Å²) >= 11 is 0. The first-order valence-corrected chi connectivity index (χ1v) is 8.77. The average molecular weight is 365 g/mol. The first kappa shape index (κ1) is 18.5. The van der Waals surface area contributed by atoms with Crippen molar-refractivity contribution in [2.75, 3.05) is 13.7 Å². The second-order valence-corrected chi connectivity index (χ2v) is 6.04. The van der Waals surface area contributed by atoms with Crippen LogP contribution < -0.4 is 14.8 Å². The molecular formula is C21H23N3O3. The molecule has 0 fully saturated rings. The minimum atomic E-state index is -0.404. The van der Waals surface area contributed by atoms with Crippen LogP contribution >= 0.6 is 0 Å². The van der Waals surface area contributed by atoms with Gasteiger partial charge in [0, 0.05) is 25.0 Å². The molecule has 140 valence electrons. The molecule has 2 aromatic carbocycles. The Morgan fingerprint density at radius 2 is 1.96 bits per heavy atom. The Morgan fingerprint density at radius 3 is 2.59 bits per heavy atom. The van der Waals surface area contributed by atoms with Crippen LogP contribution in [0.5, 0.6) is 11.5 Å². The maximum atomic E-state index is 12.8. The van der Waals surface area contributed by atoms with Crippen molar-refractivity contribution in [3.8, 4) is 11.5 Å². The number of ether oxygens (including phenoxy) is 2. The molecule has 0 spiro atoms. The Kier molecular flexibility index (Phi) is 5.76. The van der Waals surface area contributed by atoms with Crippen LogP contribution in [0.2, 0.25) is 0 Å². The van der Waals surface area contributed by atoms with Gasteiger partial charge in [0.1, 0.15) is 23.4 Å². The molecule has 6 nitrogen and oxygen atoms in total. The Bertz CT molecular complexity index is 903. The number of rotatable bonds is 7. The van der Waals surface area contributed by atoms with E-state index in [9.17, 15) is 4.79 Å².